The maximum Gasteiger partial charge on any atom is 0.321 e. The van der Waals surface area contributed by atoms with E-state index >= 15 is 0 Å². The smallest absolute Gasteiger partial charge is 0.321 e. The van der Waals surface area contributed by atoms with E-state index in [1.54, 1.807) is 12.4 Å². The fraction of sp³-hybridized carbons (Fsp3) is 0.250. The van der Waals surface area contributed by atoms with Gasteiger partial charge in [-0.05, 0) is 12.1 Å². The summed E-state index contributed by atoms with van der Waals surface area (Å²) in [5.41, 5.74) is 2.79. The molecule has 3 rings (SSSR count). The van der Waals surface area contributed by atoms with Gasteiger partial charge in [-0.1, -0.05) is 24.3 Å². The maximum absolute atomic E-state index is 12.3. The van der Waals surface area contributed by atoms with E-state index in [9.17, 15) is 4.79 Å². The van der Waals surface area contributed by atoms with Crippen molar-refractivity contribution in [2.45, 2.75) is 0 Å². The summed E-state index contributed by atoms with van der Waals surface area (Å²) >= 11 is 0. The molecule has 2 amide bonds. The molecule has 21 heavy (non-hydrogen) atoms. The van der Waals surface area contributed by atoms with E-state index in [1.807, 2.05) is 41.3 Å². The van der Waals surface area contributed by atoms with Crippen LogP contribution in [0.3, 0.4) is 0 Å². The van der Waals surface area contributed by atoms with Crippen LogP contribution in [0, 0.1) is 0 Å². The van der Waals surface area contributed by atoms with Crippen molar-refractivity contribution in [1.82, 2.24) is 15.2 Å². The first-order valence-electron chi connectivity index (χ1n) is 7.11. The Labute approximate surface area is 124 Å². The van der Waals surface area contributed by atoms with E-state index in [-0.39, 0.29) is 6.03 Å². The molecule has 0 bridgehead atoms. The van der Waals surface area contributed by atoms with E-state index in [1.165, 1.54) is 0 Å². The molecule has 1 aromatic carbocycles. The third kappa shape index (κ3) is 3.20. The van der Waals surface area contributed by atoms with E-state index in [0.29, 0.717) is 0 Å². The number of aromatic nitrogens is 1. The summed E-state index contributed by atoms with van der Waals surface area (Å²) in [5.74, 6) is 0. The maximum atomic E-state index is 12.3. The van der Waals surface area contributed by atoms with Gasteiger partial charge >= 0.3 is 6.03 Å². The Morgan fingerprint density at radius 1 is 1.14 bits per heavy atom. The number of carbonyl (C=O) groups is 1. The first-order chi connectivity index (χ1) is 10.3. The van der Waals surface area contributed by atoms with Crippen LogP contribution in [0.4, 0.5) is 10.5 Å². The number of anilines is 1. The lowest BCUT2D eigenvalue weighted by Crippen LogP contribution is -2.48. The van der Waals surface area contributed by atoms with Gasteiger partial charge in [-0.15, -0.1) is 0 Å². The molecule has 2 aromatic rings. The highest BCUT2D eigenvalue weighted by molar-refractivity contribution is 5.94. The van der Waals surface area contributed by atoms with Crippen molar-refractivity contribution >= 4 is 11.7 Å². The minimum absolute atomic E-state index is 0.0483. The molecule has 0 aliphatic carbocycles. The van der Waals surface area contributed by atoms with Crippen LogP contribution in [0.25, 0.3) is 11.1 Å². The molecular weight excluding hydrogens is 264 g/mol. The lowest BCUT2D eigenvalue weighted by molar-refractivity contribution is 0.204. The normalized spacial score (nSPS) is 14.8. The number of hydrogen-bond acceptors (Lipinski definition) is 3. The fourth-order valence-corrected chi connectivity index (χ4v) is 2.43. The number of carbonyl (C=O) groups excluding carboxylic acids is 1. The van der Waals surface area contributed by atoms with Gasteiger partial charge in [-0.2, -0.15) is 0 Å². The number of piperazine rings is 1. The summed E-state index contributed by atoms with van der Waals surface area (Å²) < 4.78 is 0. The summed E-state index contributed by atoms with van der Waals surface area (Å²) in [6.45, 7) is 3.16. The fourth-order valence-electron chi connectivity index (χ4n) is 2.43. The molecule has 1 aromatic heterocycles. The van der Waals surface area contributed by atoms with Crippen molar-refractivity contribution in [3.8, 4) is 11.1 Å². The number of rotatable bonds is 2. The highest BCUT2D eigenvalue weighted by Gasteiger charge is 2.17. The second-order valence-electron chi connectivity index (χ2n) is 4.95. The lowest BCUT2D eigenvalue weighted by atomic mass is 10.1. The third-order valence-corrected chi connectivity index (χ3v) is 3.55. The van der Waals surface area contributed by atoms with Crippen molar-refractivity contribution < 1.29 is 4.79 Å². The summed E-state index contributed by atoms with van der Waals surface area (Å²) in [7, 11) is 0. The zero-order valence-electron chi connectivity index (χ0n) is 11.7. The van der Waals surface area contributed by atoms with Gasteiger partial charge in [0.2, 0.25) is 0 Å². The standard InChI is InChI=1S/C16H18N4O/c21-16(20-10-8-17-9-11-20)19-15-6-2-1-5-14(15)13-4-3-7-18-12-13/h1-7,12,17H,8-11H2,(H,19,21). The lowest BCUT2D eigenvalue weighted by Gasteiger charge is -2.27. The molecule has 1 aliphatic heterocycles. The van der Waals surface area contributed by atoms with Crippen LogP contribution >= 0.6 is 0 Å². The molecule has 1 aliphatic rings. The SMILES string of the molecule is O=C(Nc1ccccc1-c1cccnc1)N1CCNCC1. The molecule has 1 fully saturated rings. The van der Waals surface area contributed by atoms with Crippen LogP contribution in [-0.4, -0.2) is 42.1 Å². The van der Waals surface area contributed by atoms with E-state index in [0.717, 1.165) is 43.0 Å². The molecule has 0 unspecified atom stereocenters. The number of para-hydroxylation sites is 1. The van der Waals surface area contributed by atoms with Gasteiger partial charge in [0.05, 0.1) is 5.69 Å². The molecule has 5 nitrogen and oxygen atoms in total. The van der Waals surface area contributed by atoms with Crippen molar-refractivity contribution in [2.24, 2.45) is 0 Å². The van der Waals surface area contributed by atoms with Crippen LogP contribution < -0.4 is 10.6 Å². The van der Waals surface area contributed by atoms with Crippen molar-refractivity contribution in [2.75, 3.05) is 31.5 Å². The summed E-state index contributed by atoms with van der Waals surface area (Å²) in [6, 6.07) is 11.6. The first kappa shape index (κ1) is 13.6. The molecule has 0 radical (unpaired) electrons. The van der Waals surface area contributed by atoms with Crippen LogP contribution in [-0.2, 0) is 0 Å². The van der Waals surface area contributed by atoms with Crippen molar-refractivity contribution in [3.63, 3.8) is 0 Å². The average Bonchev–Trinajstić information content (AvgIpc) is 2.57. The van der Waals surface area contributed by atoms with Crippen LogP contribution in [0.5, 0.6) is 0 Å². The van der Waals surface area contributed by atoms with Crippen LogP contribution in [0.2, 0.25) is 0 Å². The van der Waals surface area contributed by atoms with Gasteiger partial charge in [0.1, 0.15) is 0 Å². The summed E-state index contributed by atoms with van der Waals surface area (Å²) in [6.07, 6.45) is 3.54. The zero-order valence-corrected chi connectivity index (χ0v) is 11.7. The number of nitrogens with zero attached hydrogens (tertiary/aromatic N) is 2. The largest absolute Gasteiger partial charge is 0.322 e. The van der Waals surface area contributed by atoms with Gasteiger partial charge in [-0.25, -0.2) is 4.79 Å². The number of pyridine rings is 1. The Hall–Kier alpha value is -2.40. The monoisotopic (exact) mass is 282 g/mol. The molecule has 0 spiro atoms. The molecule has 0 saturated carbocycles. The first-order valence-corrected chi connectivity index (χ1v) is 7.11. The second kappa shape index (κ2) is 6.37. The molecule has 1 saturated heterocycles. The number of amides is 2. The Kier molecular flexibility index (Phi) is 4.12. The Balaban J connectivity index is 1.81. The van der Waals surface area contributed by atoms with Crippen LogP contribution in [0.1, 0.15) is 0 Å². The predicted octanol–water partition coefficient (Wildman–Crippen LogP) is 2.19. The van der Waals surface area contributed by atoms with Gasteiger partial charge in [0.15, 0.2) is 0 Å². The molecule has 2 heterocycles. The summed E-state index contributed by atoms with van der Waals surface area (Å²) in [4.78, 5) is 18.3. The second-order valence-corrected chi connectivity index (χ2v) is 4.95. The topological polar surface area (TPSA) is 57.3 Å². The minimum atomic E-state index is -0.0483. The molecular formula is C16H18N4O. The van der Waals surface area contributed by atoms with E-state index in [4.69, 9.17) is 0 Å². The third-order valence-electron chi connectivity index (χ3n) is 3.55. The number of nitrogens with one attached hydrogen (secondary N) is 2. The zero-order chi connectivity index (χ0) is 14.5. The molecule has 5 heteroatoms. The summed E-state index contributed by atoms with van der Waals surface area (Å²) in [5, 5.41) is 6.25. The highest BCUT2D eigenvalue weighted by atomic mass is 16.2. The van der Waals surface area contributed by atoms with Gasteiger partial charge in [0.25, 0.3) is 0 Å². The Morgan fingerprint density at radius 2 is 1.95 bits per heavy atom. The molecule has 2 N–H and O–H groups in total. The number of hydrogen-bond donors (Lipinski definition) is 2. The Bertz CT molecular complexity index is 609. The van der Waals surface area contributed by atoms with E-state index < -0.39 is 0 Å². The van der Waals surface area contributed by atoms with Crippen molar-refractivity contribution in [3.05, 3.63) is 48.8 Å². The number of benzene rings is 1. The van der Waals surface area contributed by atoms with Crippen molar-refractivity contribution in [1.29, 1.82) is 0 Å². The molecule has 108 valence electrons. The van der Waals surface area contributed by atoms with Crippen LogP contribution in [0.15, 0.2) is 48.8 Å². The molecule has 0 atom stereocenters. The highest BCUT2D eigenvalue weighted by Crippen LogP contribution is 2.27. The van der Waals surface area contributed by atoms with Gasteiger partial charge in [-0.3, -0.25) is 4.98 Å². The minimum Gasteiger partial charge on any atom is -0.322 e. The quantitative estimate of drug-likeness (QED) is 0.887. The predicted molar refractivity (Wildman–Crippen MR) is 83.1 cm³/mol. The van der Waals surface area contributed by atoms with E-state index in [2.05, 4.69) is 15.6 Å². The Morgan fingerprint density at radius 3 is 2.71 bits per heavy atom. The number of urea groups is 1. The van der Waals surface area contributed by atoms with Gasteiger partial charge in [0, 0.05) is 49.7 Å². The van der Waals surface area contributed by atoms with Gasteiger partial charge < -0.3 is 15.5 Å². The average molecular weight is 282 g/mol.